The molecule has 184 valence electrons. The van der Waals surface area contributed by atoms with Crippen LogP contribution in [-0.2, 0) is 6.42 Å². The van der Waals surface area contributed by atoms with Gasteiger partial charge in [0.25, 0.3) is 5.91 Å². The number of nitrogen functional groups attached to an aromatic ring is 2. The Morgan fingerprint density at radius 1 is 0.971 bits per heavy atom. The van der Waals surface area contributed by atoms with Crippen molar-refractivity contribution in [2.45, 2.75) is 19.3 Å². The van der Waals surface area contributed by atoms with Crippen LogP contribution in [0.1, 0.15) is 28.9 Å². The molecule has 35 heavy (non-hydrogen) atoms. The number of amides is 1. The average molecular weight is 497 g/mol. The lowest BCUT2D eigenvalue weighted by Gasteiger charge is -2.10. The van der Waals surface area contributed by atoms with Crippen LogP contribution in [0.5, 0.6) is 5.75 Å². The molecule has 1 aromatic heterocycles. The third kappa shape index (κ3) is 7.56. The molecule has 10 nitrogen and oxygen atoms in total. The number of nitrogens with zero attached hydrogens (tertiary/aromatic N) is 2. The van der Waals surface area contributed by atoms with Crippen LogP contribution in [0.3, 0.4) is 0 Å². The van der Waals surface area contributed by atoms with Crippen LogP contribution in [0.4, 0.5) is 11.6 Å². The molecule has 0 spiro atoms. The van der Waals surface area contributed by atoms with E-state index in [4.69, 9.17) is 38.9 Å². The summed E-state index contributed by atoms with van der Waals surface area (Å²) in [5.41, 5.74) is 19.9. The first-order valence-corrected chi connectivity index (χ1v) is 11.5. The number of unbranched alkanes of at least 4 members (excludes halogenated alkanes) is 1. The third-order valence-corrected chi connectivity index (χ3v) is 5.36. The van der Waals surface area contributed by atoms with Gasteiger partial charge in [-0.2, -0.15) is 0 Å². The summed E-state index contributed by atoms with van der Waals surface area (Å²) in [6, 6.07) is 16.4. The summed E-state index contributed by atoms with van der Waals surface area (Å²) >= 11 is 5.78. The SMILES string of the molecule is N=C(NCCCCc1ccc(-c2ccc(OCCN)cc2)cc1)NC(=O)c1nc(Cl)c(N)nc1N. The fourth-order valence-electron chi connectivity index (χ4n) is 3.28. The van der Waals surface area contributed by atoms with E-state index < -0.39 is 5.91 Å². The lowest BCUT2D eigenvalue weighted by molar-refractivity contribution is 0.0971. The maximum atomic E-state index is 12.2. The average Bonchev–Trinajstić information content (AvgIpc) is 2.85. The monoisotopic (exact) mass is 496 g/mol. The van der Waals surface area contributed by atoms with Gasteiger partial charge in [0.1, 0.15) is 12.4 Å². The first-order valence-electron chi connectivity index (χ1n) is 11.1. The fraction of sp³-hybridized carbons (Fsp3) is 0.250. The summed E-state index contributed by atoms with van der Waals surface area (Å²) in [5, 5.41) is 13.0. The van der Waals surface area contributed by atoms with Crippen LogP contribution < -0.4 is 32.6 Å². The van der Waals surface area contributed by atoms with Crippen LogP contribution in [0.2, 0.25) is 5.15 Å². The van der Waals surface area contributed by atoms with Gasteiger partial charge in [-0.25, -0.2) is 9.97 Å². The highest BCUT2D eigenvalue weighted by atomic mass is 35.5. The highest BCUT2D eigenvalue weighted by Crippen LogP contribution is 2.23. The molecular formula is C24H29ClN8O2. The Bertz CT molecular complexity index is 1150. The fourth-order valence-corrected chi connectivity index (χ4v) is 3.40. The highest BCUT2D eigenvalue weighted by molar-refractivity contribution is 6.31. The summed E-state index contributed by atoms with van der Waals surface area (Å²) in [7, 11) is 0. The maximum Gasteiger partial charge on any atom is 0.280 e. The van der Waals surface area contributed by atoms with Crippen molar-refractivity contribution in [3.8, 4) is 16.9 Å². The molecule has 0 bridgehead atoms. The maximum absolute atomic E-state index is 12.2. The summed E-state index contributed by atoms with van der Waals surface area (Å²) in [5.74, 6) is -0.257. The Kier molecular flexibility index (Phi) is 9.22. The van der Waals surface area contributed by atoms with Crippen molar-refractivity contribution < 1.29 is 9.53 Å². The van der Waals surface area contributed by atoms with Gasteiger partial charge in [-0.15, -0.1) is 0 Å². The van der Waals surface area contributed by atoms with Crippen LogP contribution in [0.25, 0.3) is 11.1 Å². The first-order chi connectivity index (χ1) is 16.9. The molecule has 0 fully saturated rings. The Morgan fingerprint density at radius 2 is 1.63 bits per heavy atom. The molecule has 3 aromatic rings. The van der Waals surface area contributed by atoms with E-state index in [0.717, 1.165) is 36.1 Å². The number of carbonyl (C=O) groups is 1. The topological polar surface area (TPSA) is 178 Å². The number of rotatable bonds is 10. The number of nitrogens with one attached hydrogen (secondary N) is 3. The molecule has 0 aliphatic carbocycles. The van der Waals surface area contributed by atoms with Gasteiger partial charge in [0.15, 0.2) is 28.4 Å². The zero-order valence-electron chi connectivity index (χ0n) is 19.2. The zero-order chi connectivity index (χ0) is 25.2. The number of guanidine groups is 1. The van der Waals surface area contributed by atoms with E-state index in [1.54, 1.807) is 0 Å². The Labute approximate surface area is 208 Å². The summed E-state index contributed by atoms with van der Waals surface area (Å²) < 4.78 is 5.51. The molecule has 0 aliphatic heterocycles. The zero-order valence-corrected chi connectivity index (χ0v) is 19.9. The molecule has 3 rings (SSSR count). The Balaban J connectivity index is 1.38. The molecule has 0 unspecified atom stereocenters. The molecule has 0 aliphatic rings. The minimum Gasteiger partial charge on any atom is -0.492 e. The second-order valence-corrected chi connectivity index (χ2v) is 8.06. The van der Waals surface area contributed by atoms with Gasteiger partial charge in [0.05, 0.1) is 0 Å². The standard InChI is InChI=1S/C24H29ClN8O2/c25-20-22(28)32-21(27)19(31-20)23(34)33-24(29)30-13-2-1-3-15-4-6-16(7-5-15)17-8-10-18(11-9-17)35-14-12-26/h4-11H,1-3,12-14,26H2,(H4,27,28,32)(H3,29,30,33,34). The van der Waals surface area contributed by atoms with E-state index in [0.29, 0.717) is 19.7 Å². The van der Waals surface area contributed by atoms with E-state index in [1.807, 2.05) is 24.3 Å². The van der Waals surface area contributed by atoms with Crippen LogP contribution in [-0.4, -0.2) is 41.5 Å². The predicted molar refractivity (Wildman–Crippen MR) is 138 cm³/mol. The number of halogens is 1. The van der Waals surface area contributed by atoms with Crippen LogP contribution in [0, 0.1) is 5.41 Å². The molecule has 1 amide bonds. The smallest absolute Gasteiger partial charge is 0.280 e. The van der Waals surface area contributed by atoms with Crippen molar-refractivity contribution in [2.75, 3.05) is 31.2 Å². The van der Waals surface area contributed by atoms with Gasteiger partial charge < -0.3 is 27.3 Å². The molecule has 9 N–H and O–H groups in total. The highest BCUT2D eigenvalue weighted by Gasteiger charge is 2.16. The number of nitrogens with two attached hydrogens (primary N) is 3. The van der Waals surface area contributed by atoms with Gasteiger partial charge in [0.2, 0.25) is 0 Å². The number of aromatic nitrogens is 2. The van der Waals surface area contributed by atoms with Gasteiger partial charge in [-0.3, -0.25) is 15.5 Å². The van der Waals surface area contributed by atoms with Gasteiger partial charge in [0, 0.05) is 13.1 Å². The quantitative estimate of drug-likeness (QED) is 0.141. The van der Waals surface area contributed by atoms with Crippen molar-refractivity contribution in [3.05, 3.63) is 64.9 Å². The largest absolute Gasteiger partial charge is 0.492 e. The van der Waals surface area contributed by atoms with Crippen LogP contribution in [0.15, 0.2) is 48.5 Å². The van der Waals surface area contributed by atoms with Crippen molar-refractivity contribution in [1.82, 2.24) is 20.6 Å². The minimum atomic E-state index is -0.688. The molecule has 2 aromatic carbocycles. The molecule has 11 heteroatoms. The van der Waals surface area contributed by atoms with E-state index >= 15 is 0 Å². The number of benzene rings is 2. The van der Waals surface area contributed by atoms with E-state index in [-0.39, 0.29) is 28.4 Å². The van der Waals surface area contributed by atoms with Gasteiger partial charge in [-0.1, -0.05) is 48.0 Å². The summed E-state index contributed by atoms with van der Waals surface area (Å²) in [4.78, 5) is 19.8. The number of ether oxygens (including phenoxy) is 1. The molecule has 1 heterocycles. The molecule has 0 saturated heterocycles. The number of hydrogen-bond acceptors (Lipinski definition) is 8. The van der Waals surface area contributed by atoms with Crippen molar-refractivity contribution >= 4 is 35.1 Å². The predicted octanol–water partition coefficient (Wildman–Crippen LogP) is 2.58. The Hall–Kier alpha value is -3.89. The van der Waals surface area contributed by atoms with E-state index in [1.165, 1.54) is 5.56 Å². The van der Waals surface area contributed by atoms with E-state index in [9.17, 15) is 4.79 Å². The molecule has 0 radical (unpaired) electrons. The van der Waals surface area contributed by atoms with Gasteiger partial charge >= 0.3 is 0 Å². The van der Waals surface area contributed by atoms with Crippen molar-refractivity contribution in [3.63, 3.8) is 0 Å². The lowest BCUT2D eigenvalue weighted by atomic mass is 10.0. The number of carbonyl (C=O) groups excluding carboxylic acids is 1. The summed E-state index contributed by atoms with van der Waals surface area (Å²) in [6.45, 7) is 1.52. The van der Waals surface area contributed by atoms with E-state index in [2.05, 4.69) is 44.9 Å². The lowest BCUT2D eigenvalue weighted by Crippen LogP contribution is -2.41. The number of hydrogen-bond donors (Lipinski definition) is 6. The van der Waals surface area contributed by atoms with Gasteiger partial charge in [-0.05, 0) is 48.1 Å². The minimum absolute atomic E-state index is 0.0635. The van der Waals surface area contributed by atoms with Crippen molar-refractivity contribution in [2.24, 2.45) is 5.73 Å². The summed E-state index contributed by atoms with van der Waals surface area (Å²) in [6.07, 6.45) is 2.65. The second kappa shape index (κ2) is 12.5. The molecule has 0 saturated carbocycles. The second-order valence-electron chi connectivity index (χ2n) is 7.70. The number of anilines is 2. The molecular weight excluding hydrogens is 468 g/mol. The normalized spacial score (nSPS) is 10.6. The van der Waals surface area contributed by atoms with Crippen molar-refractivity contribution in [1.29, 1.82) is 5.41 Å². The Morgan fingerprint density at radius 3 is 2.29 bits per heavy atom. The molecule has 0 atom stereocenters. The number of aryl methyl sites for hydroxylation is 1. The first kappa shape index (κ1) is 25.7. The van der Waals surface area contributed by atoms with Crippen LogP contribution >= 0.6 is 11.6 Å². The third-order valence-electron chi connectivity index (χ3n) is 5.08.